The molecule has 33 heavy (non-hydrogen) atoms. The minimum atomic E-state index is -1.08. The molecule has 4 saturated carbocycles. The molecule has 0 amide bonds. The number of aliphatic hydroxyl groups excluding tert-OH is 2. The lowest BCUT2D eigenvalue weighted by molar-refractivity contribution is -0.300. The molecule has 13 atom stereocenters. The van der Waals surface area contributed by atoms with Crippen LogP contribution in [0.2, 0.25) is 0 Å². The first-order chi connectivity index (χ1) is 15.3. The summed E-state index contributed by atoms with van der Waals surface area (Å²) in [5, 5.41) is 34.2. The Bertz CT molecular complexity index is 825. The Morgan fingerprint density at radius 3 is 2.27 bits per heavy atom. The molecule has 0 radical (unpaired) electrons. The zero-order chi connectivity index (χ0) is 23.8. The van der Waals surface area contributed by atoms with Crippen LogP contribution in [0.25, 0.3) is 0 Å². The van der Waals surface area contributed by atoms with Crippen LogP contribution in [0.5, 0.6) is 0 Å². The summed E-state index contributed by atoms with van der Waals surface area (Å²) in [5.74, 6) is 1.08. The topological polar surface area (TPSA) is 79.2 Å². The lowest BCUT2D eigenvalue weighted by Gasteiger charge is -2.63. The van der Waals surface area contributed by atoms with Crippen LogP contribution in [-0.2, 0) is 9.47 Å². The van der Waals surface area contributed by atoms with Crippen LogP contribution < -0.4 is 0 Å². The van der Waals surface area contributed by atoms with E-state index in [1.807, 2.05) is 6.92 Å². The highest BCUT2D eigenvalue weighted by molar-refractivity contribution is 5.22. The van der Waals surface area contributed by atoms with Crippen LogP contribution in [0.15, 0.2) is 0 Å². The van der Waals surface area contributed by atoms with Gasteiger partial charge >= 0.3 is 0 Å². The number of fused-ring (bicyclic) bond motifs is 7. The number of aliphatic hydroxyl groups is 3. The van der Waals surface area contributed by atoms with Gasteiger partial charge in [0.15, 0.2) is 5.79 Å². The third kappa shape index (κ3) is 2.78. The van der Waals surface area contributed by atoms with Crippen molar-refractivity contribution in [3.8, 4) is 0 Å². The van der Waals surface area contributed by atoms with E-state index in [0.29, 0.717) is 29.6 Å². The Morgan fingerprint density at radius 1 is 0.879 bits per heavy atom. The first kappa shape index (κ1) is 23.2. The molecule has 5 nitrogen and oxygen atoms in total. The van der Waals surface area contributed by atoms with Gasteiger partial charge in [0.05, 0.1) is 23.9 Å². The van der Waals surface area contributed by atoms with Gasteiger partial charge in [0.25, 0.3) is 0 Å². The normalized spacial score (nSPS) is 63.7. The van der Waals surface area contributed by atoms with Crippen LogP contribution >= 0.6 is 0 Å². The van der Waals surface area contributed by atoms with Crippen molar-refractivity contribution in [2.45, 2.75) is 128 Å². The van der Waals surface area contributed by atoms with Gasteiger partial charge in [-0.05, 0) is 106 Å². The van der Waals surface area contributed by atoms with Gasteiger partial charge in [0.1, 0.15) is 5.60 Å². The molecular formula is C28H46O5. The smallest absolute Gasteiger partial charge is 0.198 e. The van der Waals surface area contributed by atoms with Gasteiger partial charge in [-0.25, -0.2) is 0 Å². The lowest BCUT2D eigenvalue weighted by Crippen LogP contribution is -2.62. The van der Waals surface area contributed by atoms with Crippen molar-refractivity contribution >= 4 is 0 Å². The molecule has 0 aromatic rings. The molecule has 0 bridgehead atoms. The summed E-state index contributed by atoms with van der Waals surface area (Å²) >= 11 is 0. The molecule has 2 heterocycles. The second-order valence-corrected chi connectivity index (χ2v) is 14.4. The van der Waals surface area contributed by atoms with E-state index in [2.05, 4.69) is 34.6 Å². The monoisotopic (exact) mass is 462 g/mol. The summed E-state index contributed by atoms with van der Waals surface area (Å²) in [6, 6.07) is 0. The Labute approximate surface area is 199 Å². The van der Waals surface area contributed by atoms with E-state index in [1.54, 1.807) is 0 Å². The van der Waals surface area contributed by atoms with Crippen molar-refractivity contribution in [2.75, 3.05) is 0 Å². The highest BCUT2D eigenvalue weighted by Crippen LogP contribution is 2.72. The molecule has 6 fully saturated rings. The van der Waals surface area contributed by atoms with Crippen LogP contribution in [0.3, 0.4) is 0 Å². The Hall–Kier alpha value is -0.200. The highest BCUT2D eigenvalue weighted by atomic mass is 16.7. The summed E-state index contributed by atoms with van der Waals surface area (Å²) in [4.78, 5) is 0. The van der Waals surface area contributed by atoms with Crippen molar-refractivity contribution in [3.63, 3.8) is 0 Å². The maximum absolute atomic E-state index is 12.2. The van der Waals surface area contributed by atoms with Crippen molar-refractivity contribution in [2.24, 2.45) is 46.3 Å². The number of rotatable bonds is 0. The molecule has 6 rings (SSSR count). The molecule has 0 aromatic heterocycles. The quantitative estimate of drug-likeness (QED) is 0.501. The zero-order valence-electron chi connectivity index (χ0n) is 21.5. The molecule has 0 aromatic carbocycles. The number of hydrogen-bond donors (Lipinski definition) is 3. The van der Waals surface area contributed by atoms with Crippen molar-refractivity contribution in [3.05, 3.63) is 0 Å². The summed E-state index contributed by atoms with van der Waals surface area (Å²) in [6.45, 7) is 13.1. The predicted molar refractivity (Wildman–Crippen MR) is 125 cm³/mol. The third-order valence-electron chi connectivity index (χ3n) is 12.5. The first-order valence-corrected chi connectivity index (χ1v) is 13.7. The second kappa shape index (κ2) is 6.76. The van der Waals surface area contributed by atoms with E-state index in [1.165, 1.54) is 0 Å². The molecule has 188 valence electrons. The van der Waals surface area contributed by atoms with Crippen LogP contribution in [0, 0.1) is 46.3 Å². The van der Waals surface area contributed by atoms with Gasteiger partial charge in [-0.2, -0.15) is 0 Å². The molecular weight excluding hydrogens is 416 g/mol. The van der Waals surface area contributed by atoms with E-state index in [9.17, 15) is 15.3 Å². The Morgan fingerprint density at radius 2 is 1.61 bits per heavy atom. The fraction of sp³-hybridized carbons (Fsp3) is 1.00. The van der Waals surface area contributed by atoms with Crippen LogP contribution in [0.4, 0.5) is 0 Å². The molecule has 6 aliphatic rings. The number of hydrogen-bond acceptors (Lipinski definition) is 5. The fourth-order valence-corrected chi connectivity index (χ4v) is 10.7. The van der Waals surface area contributed by atoms with Gasteiger partial charge in [-0.1, -0.05) is 20.8 Å². The molecule has 4 aliphatic carbocycles. The summed E-state index contributed by atoms with van der Waals surface area (Å²) < 4.78 is 13.3. The van der Waals surface area contributed by atoms with E-state index >= 15 is 0 Å². The van der Waals surface area contributed by atoms with E-state index in [-0.39, 0.29) is 40.7 Å². The van der Waals surface area contributed by atoms with Crippen molar-refractivity contribution in [1.82, 2.24) is 0 Å². The van der Waals surface area contributed by atoms with Crippen LogP contribution in [0.1, 0.15) is 92.9 Å². The molecule has 2 saturated heterocycles. The van der Waals surface area contributed by atoms with Gasteiger partial charge in [-0.3, -0.25) is 0 Å². The molecule has 2 aliphatic heterocycles. The highest BCUT2D eigenvalue weighted by Gasteiger charge is 2.77. The standard InChI is InChI=1S/C28H46O5/c1-15-13-28(33-24(15,2)3)27(6,31)23-21(32-28)12-19-18-8-7-16-11-17(29)9-10-25(16,4)22(18)20(30)14-26(19,23)5/h15-23,29-31H,7-14H2,1-6H3/t15-,16-,17+,18-,19-,20-,21-,22+,23-,25-,26-,27+,28-/m0/s1. The summed E-state index contributed by atoms with van der Waals surface area (Å²) in [7, 11) is 0. The van der Waals surface area contributed by atoms with E-state index < -0.39 is 11.4 Å². The third-order valence-corrected chi connectivity index (χ3v) is 12.5. The van der Waals surface area contributed by atoms with Gasteiger partial charge in [0.2, 0.25) is 0 Å². The maximum atomic E-state index is 12.2. The SMILES string of the molecule is C[C@H]1C[C@]2(O[C@H]3C[C@H]4[C@@H]5CC[C@H]6C[C@H](O)CC[C@]6(C)[C@H]5[C@@H](O)C[C@]4(C)[C@H]3[C@@]2(C)O)OC1(C)C. The Kier molecular flexibility index (Phi) is 4.76. The Balaban J connectivity index is 1.34. The largest absolute Gasteiger partial charge is 0.393 e. The zero-order valence-corrected chi connectivity index (χ0v) is 21.5. The van der Waals surface area contributed by atoms with E-state index in [0.717, 1.165) is 51.4 Å². The predicted octanol–water partition coefficient (Wildman–Crippen LogP) is 4.27. The van der Waals surface area contributed by atoms with Gasteiger partial charge in [0, 0.05) is 12.3 Å². The second-order valence-electron chi connectivity index (χ2n) is 14.4. The van der Waals surface area contributed by atoms with Crippen LogP contribution in [-0.4, -0.2) is 50.6 Å². The molecule has 1 spiro atoms. The summed E-state index contributed by atoms with van der Waals surface area (Å²) in [5.41, 5.74) is -1.45. The maximum Gasteiger partial charge on any atom is 0.198 e. The average Bonchev–Trinajstić information content (AvgIpc) is 3.20. The van der Waals surface area contributed by atoms with Gasteiger partial charge in [-0.15, -0.1) is 0 Å². The average molecular weight is 463 g/mol. The fourth-order valence-electron chi connectivity index (χ4n) is 10.7. The molecule has 5 heteroatoms. The van der Waals surface area contributed by atoms with Crippen molar-refractivity contribution in [1.29, 1.82) is 0 Å². The lowest BCUT2D eigenvalue weighted by atomic mass is 9.43. The van der Waals surface area contributed by atoms with Gasteiger partial charge < -0.3 is 24.8 Å². The molecule has 3 N–H and O–H groups in total. The molecule has 0 unspecified atom stereocenters. The van der Waals surface area contributed by atoms with E-state index in [4.69, 9.17) is 9.47 Å². The summed E-state index contributed by atoms with van der Waals surface area (Å²) in [6.07, 6.45) is 6.94. The number of ether oxygens (including phenoxy) is 2. The van der Waals surface area contributed by atoms with Crippen molar-refractivity contribution < 1.29 is 24.8 Å². The first-order valence-electron chi connectivity index (χ1n) is 13.7. The minimum absolute atomic E-state index is 0.0132. The minimum Gasteiger partial charge on any atom is -0.393 e.